The minimum absolute atomic E-state index is 0.727. The Morgan fingerprint density at radius 3 is 2.56 bits per heavy atom. The Morgan fingerprint density at radius 1 is 1.17 bits per heavy atom. The fourth-order valence-corrected chi connectivity index (χ4v) is 1.47. The van der Waals surface area contributed by atoms with Gasteiger partial charge in [-0.05, 0) is 48.9 Å². The zero-order valence-corrected chi connectivity index (χ0v) is 10.4. The molecule has 1 aromatic carbocycles. The predicted octanol–water partition coefficient (Wildman–Crippen LogP) is 2.93. The van der Waals surface area contributed by atoms with Crippen LogP contribution < -0.4 is 10.2 Å². The smallest absolute Gasteiger partial charge is 0.146 e. The maximum atomic E-state index is 5.11. The maximum absolute atomic E-state index is 5.11. The summed E-state index contributed by atoms with van der Waals surface area (Å²) in [5, 5.41) is 4.28. The number of pyridine rings is 1. The van der Waals surface area contributed by atoms with Crippen molar-refractivity contribution in [2.75, 3.05) is 12.5 Å². The Labute approximate surface area is 106 Å². The van der Waals surface area contributed by atoms with Gasteiger partial charge in [0.25, 0.3) is 0 Å². The third kappa shape index (κ3) is 3.07. The van der Waals surface area contributed by atoms with Crippen LogP contribution in [0.15, 0.2) is 53.8 Å². The van der Waals surface area contributed by atoms with Gasteiger partial charge in [-0.15, -0.1) is 0 Å². The first-order chi connectivity index (χ1) is 8.79. The zero-order chi connectivity index (χ0) is 12.8. The van der Waals surface area contributed by atoms with Crippen LogP contribution >= 0.6 is 0 Å². The lowest BCUT2D eigenvalue weighted by atomic mass is 10.1. The van der Waals surface area contributed by atoms with Crippen LogP contribution in [0.3, 0.4) is 0 Å². The molecule has 0 bridgehead atoms. The first-order valence-electron chi connectivity index (χ1n) is 5.65. The number of rotatable bonds is 4. The van der Waals surface area contributed by atoms with Gasteiger partial charge >= 0.3 is 0 Å². The Bertz CT molecular complexity index is 520. The van der Waals surface area contributed by atoms with E-state index in [1.54, 1.807) is 13.3 Å². The van der Waals surface area contributed by atoms with E-state index in [9.17, 15) is 0 Å². The number of ether oxygens (including phenoxy) is 1. The summed E-state index contributed by atoms with van der Waals surface area (Å²) < 4.78 is 5.11. The molecule has 0 saturated carbocycles. The first-order valence-corrected chi connectivity index (χ1v) is 5.65. The number of anilines is 1. The van der Waals surface area contributed by atoms with Gasteiger partial charge in [0.1, 0.15) is 11.6 Å². The normalized spacial score (nSPS) is 11.1. The molecule has 0 radical (unpaired) electrons. The van der Waals surface area contributed by atoms with Gasteiger partial charge in [-0.2, -0.15) is 5.10 Å². The van der Waals surface area contributed by atoms with Crippen molar-refractivity contribution >= 4 is 11.5 Å². The molecule has 1 heterocycles. The highest BCUT2D eigenvalue weighted by atomic mass is 16.5. The summed E-state index contributed by atoms with van der Waals surface area (Å²) in [6, 6.07) is 13.4. The van der Waals surface area contributed by atoms with E-state index in [1.165, 1.54) is 0 Å². The van der Waals surface area contributed by atoms with E-state index in [0.717, 1.165) is 22.8 Å². The summed E-state index contributed by atoms with van der Waals surface area (Å²) in [5.74, 6) is 1.56. The van der Waals surface area contributed by atoms with Crippen LogP contribution in [-0.2, 0) is 0 Å². The zero-order valence-electron chi connectivity index (χ0n) is 10.4. The van der Waals surface area contributed by atoms with E-state index in [1.807, 2.05) is 49.4 Å². The van der Waals surface area contributed by atoms with Crippen LogP contribution in [0.25, 0.3) is 0 Å². The Morgan fingerprint density at radius 2 is 1.94 bits per heavy atom. The van der Waals surface area contributed by atoms with Crippen LogP contribution in [0.5, 0.6) is 5.75 Å². The molecule has 0 unspecified atom stereocenters. The molecule has 4 nitrogen and oxygen atoms in total. The molecule has 0 amide bonds. The molecule has 0 aliphatic heterocycles. The van der Waals surface area contributed by atoms with Crippen LogP contribution in [0.1, 0.15) is 12.5 Å². The van der Waals surface area contributed by atoms with E-state index in [2.05, 4.69) is 15.5 Å². The molecule has 1 N–H and O–H groups in total. The van der Waals surface area contributed by atoms with Crippen LogP contribution in [-0.4, -0.2) is 17.8 Å². The maximum Gasteiger partial charge on any atom is 0.146 e. The number of hydrogen-bond donors (Lipinski definition) is 1. The van der Waals surface area contributed by atoms with Crippen LogP contribution in [0.2, 0.25) is 0 Å². The van der Waals surface area contributed by atoms with Gasteiger partial charge in [0.15, 0.2) is 0 Å². The van der Waals surface area contributed by atoms with E-state index >= 15 is 0 Å². The molecular formula is C14H15N3O. The predicted molar refractivity (Wildman–Crippen MR) is 73.1 cm³/mol. The molecule has 4 heteroatoms. The number of methoxy groups -OCH3 is 1. The second-order valence-electron chi connectivity index (χ2n) is 3.75. The van der Waals surface area contributed by atoms with Gasteiger partial charge < -0.3 is 4.74 Å². The van der Waals surface area contributed by atoms with Crippen molar-refractivity contribution in [1.82, 2.24) is 4.98 Å². The highest BCUT2D eigenvalue weighted by Crippen LogP contribution is 2.12. The first kappa shape index (κ1) is 12.1. The van der Waals surface area contributed by atoms with Gasteiger partial charge in [-0.25, -0.2) is 4.98 Å². The lowest BCUT2D eigenvalue weighted by molar-refractivity contribution is 0.415. The molecule has 2 rings (SSSR count). The van der Waals surface area contributed by atoms with Crippen molar-refractivity contribution in [1.29, 1.82) is 0 Å². The van der Waals surface area contributed by atoms with Crippen molar-refractivity contribution in [2.45, 2.75) is 6.92 Å². The number of hydrazone groups is 1. The number of nitrogens with one attached hydrogen (secondary N) is 1. The molecule has 0 saturated heterocycles. The molecule has 2 aromatic rings. The van der Waals surface area contributed by atoms with Gasteiger partial charge in [-0.3, -0.25) is 5.43 Å². The summed E-state index contributed by atoms with van der Waals surface area (Å²) in [7, 11) is 1.65. The number of benzene rings is 1. The molecular weight excluding hydrogens is 226 g/mol. The molecule has 0 aliphatic carbocycles. The summed E-state index contributed by atoms with van der Waals surface area (Å²) in [5.41, 5.74) is 4.85. The molecule has 0 spiro atoms. The highest BCUT2D eigenvalue weighted by molar-refractivity contribution is 5.99. The Kier molecular flexibility index (Phi) is 3.91. The van der Waals surface area contributed by atoms with Gasteiger partial charge in [-0.1, -0.05) is 6.07 Å². The monoisotopic (exact) mass is 241 g/mol. The fourth-order valence-electron chi connectivity index (χ4n) is 1.47. The SMILES string of the molecule is COc1ccc(/C(C)=N\Nc2ccccn2)cc1. The minimum Gasteiger partial charge on any atom is -0.497 e. The van der Waals surface area contributed by atoms with Crippen molar-refractivity contribution < 1.29 is 4.74 Å². The standard InChI is InChI=1S/C14H15N3O/c1-11(12-6-8-13(18-2)9-7-12)16-17-14-5-3-4-10-15-14/h3-10H,1-2H3,(H,15,17)/b16-11-. The van der Waals surface area contributed by atoms with E-state index in [0.29, 0.717) is 0 Å². The summed E-state index contributed by atoms with van der Waals surface area (Å²) >= 11 is 0. The average molecular weight is 241 g/mol. The van der Waals surface area contributed by atoms with Gasteiger partial charge in [0.2, 0.25) is 0 Å². The summed E-state index contributed by atoms with van der Waals surface area (Å²) in [6.07, 6.45) is 1.72. The summed E-state index contributed by atoms with van der Waals surface area (Å²) in [6.45, 7) is 1.94. The third-order valence-corrected chi connectivity index (χ3v) is 2.51. The average Bonchev–Trinajstić information content (AvgIpc) is 2.46. The Hall–Kier alpha value is -2.36. The third-order valence-electron chi connectivity index (χ3n) is 2.51. The molecule has 1 aromatic heterocycles. The largest absolute Gasteiger partial charge is 0.497 e. The highest BCUT2D eigenvalue weighted by Gasteiger charge is 1.98. The van der Waals surface area contributed by atoms with E-state index < -0.39 is 0 Å². The number of nitrogens with zero attached hydrogens (tertiary/aromatic N) is 2. The van der Waals surface area contributed by atoms with E-state index in [-0.39, 0.29) is 0 Å². The molecule has 92 valence electrons. The Balaban J connectivity index is 2.08. The van der Waals surface area contributed by atoms with Gasteiger partial charge in [0, 0.05) is 6.20 Å². The van der Waals surface area contributed by atoms with Crippen LogP contribution in [0, 0.1) is 0 Å². The molecule has 0 aliphatic rings. The van der Waals surface area contributed by atoms with Crippen molar-refractivity contribution in [2.24, 2.45) is 5.10 Å². The molecule has 18 heavy (non-hydrogen) atoms. The lowest BCUT2D eigenvalue weighted by Crippen LogP contribution is -2.00. The number of hydrogen-bond acceptors (Lipinski definition) is 4. The lowest BCUT2D eigenvalue weighted by Gasteiger charge is -2.04. The van der Waals surface area contributed by atoms with Crippen molar-refractivity contribution in [3.05, 3.63) is 54.2 Å². The van der Waals surface area contributed by atoms with Crippen LogP contribution in [0.4, 0.5) is 5.82 Å². The summed E-state index contributed by atoms with van der Waals surface area (Å²) in [4.78, 5) is 4.13. The van der Waals surface area contributed by atoms with Crippen molar-refractivity contribution in [3.8, 4) is 5.75 Å². The quantitative estimate of drug-likeness (QED) is 0.661. The fraction of sp³-hybridized carbons (Fsp3) is 0.143. The second kappa shape index (κ2) is 5.82. The van der Waals surface area contributed by atoms with Crippen molar-refractivity contribution in [3.63, 3.8) is 0 Å². The minimum atomic E-state index is 0.727. The second-order valence-corrected chi connectivity index (χ2v) is 3.75. The number of aromatic nitrogens is 1. The van der Waals surface area contributed by atoms with E-state index in [4.69, 9.17) is 4.74 Å². The topological polar surface area (TPSA) is 46.5 Å². The molecule has 0 fully saturated rings. The molecule has 0 atom stereocenters. The van der Waals surface area contributed by atoms with Gasteiger partial charge in [0.05, 0.1) is 12.8 Å².